The zero-order chi connectivity index (χ0) is 20.4. The summed E-state index contributed by atoms with van der Waals surface area (Å²) in [6.45, 7) is 1.99. The summed E-state index contributed by atoms with van der Waals surface area (Å²) in [5, 5.41) is 17.7. The van der Waals surface area contributed by atoms with E-state index in [4.69, 9.17) is 20.5 Å². The Morgan fingerprint density at radius 3 is 2.83 bits per heavy atom. The third-order valence-electron chi connectivity index (χ3n) is 4.41. The van der Waals surface area contributed by atoms with Gasteiger partial charge in [0.25, 0.3) is 5.91 Å². The zero-order valence-corrected chi connectivity index (χ0v) is 17.0. The number of carbonyl (C=O) groups excluding carboxylic acids is 1. The van der Waals surface area contributed by atoms with Gasteiger partial charge in [0.05, 0.1) is 17.8 Å². The largest absolute Gasteiger partial charge is 0.466 e. The molecule has 2 N–H and O–H groups in total. The van der Waals surface area contributed by atoms with E-state index in [1.54, 1.807) is 31.2 Å². The summed E-state index contributed by atoms with van der Waals surface area (Å²) in [7, 11) is 0. The van der Waals surface area contributed by atoms with Crippen molar-refractivity contribution in [3.63, 3.8) is 0 Å². The molecule has 148 valence electrons. The molecule has 1 amide bonds. The predicted octanol–water partition coefficient (Wildman–Crippen LogP) is 4.97. The maximum absolute atomic E-state index is 12.8. The standard InChI is InChI=1S/C21H17ClN2O4S/c1-12-18(19(24-28-12)14-5-2-3-6-15(14)22)21(26)23-11-13-8-9-17(29-13)20(25)16-7-4-10-27-16/h2-10,20,25H,11H2,1H3,(H,23,26). The quantitative estimate of drug-likeness (QED) is 0.452. The van der Waals surface area contributed by atoms with Gasteiger partial charge in [0, 0.05) is 15.3 Å². The second-order valence-corrected chi connectivity index (χ2v) is 7.95. The molecule has 0 aliphatic rings. The number of nitrogens with zero attached hydrogens (tertiary/aromatic N) is 1. The molecule has 0 aliphatic heterocycles. The Kier molecular flexibility index (Phi) is 5.53. The smallest absolute Gasteiger partial charge is 0.257 e. The van der Waals surface area contributed by atoms with Crippen molar-refractivity contribution >= 4 is 28.8 Å². The van der Waals surface area contributed by atoms with Crippen molar-refractivity contribution in [3.8, 4) is 11.3 Å². The van der Waals surface area contributed by atoms with E-state index < -0.39 is 6.10 Å². The Morgan fingerprint density at radius 2 is 2.07 bits per heavy atom. The van der Waals surface area contributed by atoms with Gasteiger partial charge in [-0.25, -0.2) is 0 Å². The number of aliphatic hydroxyl groups excluding tert-OH is 1. The molecule has 3 heterocycles. The van der Waals surface area contributed by atoms with Gasteiger partial charge >= 0.3 is 0 Å². The topological polar surface area (TPSA) is 88.5 Å². The first-order chi connectivity index (χ1) is 14.0. The average Bonchev–Trinajstić information content (AvgIpc) is 3.47. The van der Waals surface area contributed by atoms with Crippen molar-refractivity contribution < 1.29 is 18.8 Å². The van der Waals surface area contributed by atoms with Crippen molar-refractivity contribution in [1.82, 2.24) is 10.5 Å². The van der Waals surface area contributed by atoms with Gasteiger partial charge < -0.3 is 19.4 Å². The van der Waals surface area contributed by atoms with Crippen LogP contribution in [0.2, 0.25) is 5.02 Å². The number of furan rings is 1. The lowest BCUT2D eigenvalue weighted by Gasteiger charge is -2.06. The number of benzene rings is 1. The molecule has 1 unspecified atom stereocenters. The van der Waals surface area contributed by atoms with Crippen LogP contribution in [0.15, 0.2) is 63.7 Å². The number of amides is 1. The van der Waals surface area contributed by atoms with Gasteiger partial charge in [-0.05, 0) is 37.3 Å². The number of aliphatic hydroxyl groups is 1. The van der Waals surface area contributed by atoms with E-state index in [1.807, 2.05) is 24.3 Å². The number of nitrogens with one attached hydrogen (secondary N) is 1. The third kappa shape index (κ3) is 3.98. The summed E-state index contributed by atoms with van der Waals surface area (Å²) < 4.78 is 10.5. The lowest BCUT2D eigenvalue weighted by atomic mass is 10.1. The van der Waals surface area contributed by atoms with E-state index in [9.17, 15) is 9.90 Å². The van der Waals surface area contributed by atoms with Gasteiger partial charge in [-0.15, -0.1) is 11.3 Å². The van der Waals surface area contributed by atoms with E-state index >= 15 is 0 Å². The van der Waals surface area contributed by atoms with Crippen LogP contribution >= 0.6 is 22.9 Å². The number of hydrogen-bond acceptors (Lipinski definition) is 6. The van der Waals surface area contributed by atoms with E-state index in [1.165, 1.54) is 17.6 Å². The molecule has 0 aliphatic carbocycles. The Balaban J connectivity index is 1.49. The number of rotatable bonds is 6. The molecule has 3 aromatic heterocycles. The first-order valence-corrected chi connectivity index (χ1v) is 10.0. The highest BCUT2D eigenvalue weighted by molar-refractivity contribution is 7.12. The molecule has 0 spiro atoms. The second kappa shape index (κ2) is 8.24. The highest BCUT2D eigenvalue weighted by Crippen LogP contribution is 2.31. The van der Waals surface area contributed by atoms with Crippen LogP contribution in [0.25, 0.3) is 11.3 Å². The van der Waals surface area contributed by atoms with Gasteiger partial charge in [-0.2, -0.15) is 0 Å². The first kappa shape index (κ1) is 19.4. The fourth-order valence-electron chi connectivity index (χ4n) is 2.96. The molecule has 0 bridgehead atoms. The maximum atomic E-state index is 12.8. The summed E-state index contributed by atoms with van der Waals surface area (Å²) in [6.07, 6.45) is 0.692. The monoisotopic (exact) mass is 428 g/mol. The number of carbonyl (C=O) groups is 1. The number of aryl methyl sites for hydroxylation is 1. The first-order valence-electron chi connectivity index (χ1n) is 8.84. The lowest BCUT2D eigenvalue weighted by molar-refractivity contribution is 0.0950. The van der Waals surface area contributed by atoms with Crippen LogP contribution in [0.4, 0.5) is 0 Å². The summed E-state index contributed by atoms with van der Waals surface area (Å²) in [5.41, 5.74) is 1.40. The molecular formula is C21H17ClN2O4S. The summed E-state index contributed by atoms with van der Waals surface area (Å²) in [6, 6.07) is 14.3. The van der Waals surface area contributed by atoms with Crippen molar-refractivity contribution in [3.05, 3.63) is 86.7 Å². The van der Waals surface area contributed by atoms with Crippen LogP contribution in [-0.2, 0) is 6.54 Å². The Bertz CT molecular complexity index is 1130. The van der Waals surface area contributed by atoms with Gasteiger partial charge in [0.1, 0.15) is 28.9 Å². The fourth-order valence-corrected chi connectivity index (χ4v) is 4.13. The minimum absolute atomic E-state index is 0.305. The molecule has 6 nitrogen and oxygen atoms in total. The van der Waals surface area contributed by atoms with Crippen LogP contribution in [0, 0.1) is 6.92 Å². The molecular weight excluding hydrogens is 412 g/mol. The Labute approximate surface area is 175 Å². The molecule has 8 heteroatoms. The predicted molar refractivity (Wildman–Crippen MR) is 110 cm³/mol. The van der Waals surface area contributed by atoms with Crippen molar-refractivity contribution in [1.29, 1.82) is 0 Å². The van der Waals surface area contributed by atoms with Crippen LogP contribution in [0.1, 0.15) is 37.7 Å². The molecule has 4 aromatic rings. The SMILES string of the molecule is Cc1onc(-c2ccccc2Cl)c1C(=O)NCc1ccc(C(O)c2ccco2)s1. The summed E-state index contributed by atoms with van der Waals surface area (Å²) in [5.74, 6) is 0.588. The van der Waals surface area contributed by atoms with Crippen LogP contribution in [0.5, 0.6) is 0 Å². The van der Waals surface area contributed by atoms with Crippen LogP contribution in [-0.4, -0.2) is 16.2 Å². The van der Waals surface area contributed by atoms with Gasteiger partial charge in [0.15, 0.2) is 0 Å². The average molecular weight is 429 g/mol. The maximum Gasteiger partial charge on any atom is 0.257 e. The van der Waals surface area contributed by atoms with Crippen molar-refractivity contribution in [2.24, 2.45) is 0 Å². The summed E-state index contributed by atoms with van der Waals surface area (Å²) in [4.78, 5) is 14.5. The molecule has 4 rings (SSSR count). The van der Waals surface area contributed by atoms with Gasteiger partial charge in [-0.3, -0.25) is 4.79 Å². The Morgan fingerprint density at radius 1 is 1.24 bits per heavy atom. The zero-order valence-electron chi connectivity index (χ0n) is 15.4. The number of halogens is 1. The number of aromatic nitrogens is 1. The van der Waals surface area contributed by atoms with Crippen molar-refractivity contribution in [2.45, 2.75) is 19.6 Å². The summed E-state index contributed by atoms with van der Waals surface area (Å²) >= 11 is 7.65. The van der Waals surface area contributed by atoms with Crippen molar-refractivity contribution in [2.75, 3.05) is 0 Å². The molecule has 29 heavy (non-hydrogen) atoms. The minimum Gasteiger partial charge on any atom is -0.466 e. The molecule has 1 atom stereocenters. The second-order valence-electron chi connectivity index (χ2n) is 6.35. The molecule has 0 radical (unpaired) electrons. The molecule has 0 fully saturated rings. The lowest BCUT2D eigenvalue weighted by Crippen LogP contribution is -2.23. The normalized spacial score (nSPS) is 12.1. The fraction of sp³-hybridized carbons (Fsp3) is 0.143. The third-order valence-corrected chi connectivity index (χ3v) is 5.87. The van der Waals surface area contributed by atoms with Crippen LogP contribution in [0.3, 0.4) is 0 Å². The molecule has 0 saturated carbocycles. The molecule has 0 saturated heterocycles. The minimum atomic E-state index is -0.827. The number of thiophene rings is 1. The van der Waals surface area contributed by atoms with Crippen LogP contribution < -0.4 is 5.32 Å². The van der Waals surface area contributed by atoms with Gasteiger partial charge in [-0.1, -0.05) is 35.0 Å². The Hall–Kier alpha value is -2.87. The van der Waals surface area contributed by atoms with E-state index in [2.05, 4.69) is 10.5 Å². The number of hydrogen-bond donors (Lipinski definition) is 2. The van der Waals surface area contributed by atoms with E-state index in [-0.39, 0.29) is 5.91 Å². The van der Waals surface area contributed by atoms with E-state index in [0.29, 0.717) is 39.9 Å². The van der Waals surface area contributed by atoms with Gasteiger partial charge in [0.2, 0.25) is 0 Å². The van der Waals surface area contributed by atoms with E-state index in [0.717, 1.165) is 9.75 Å². The molecule has 1 aromatic carbocycles. The highest BCUT2D eigenvalue weighted by Gasteiger charge is 2.23. The highest BCUT2D eigenvalue weighted by atomic mass is 35.5.